The summed E-state index contributed by atoms with van der Waals surface area (Å²) < 4.78 is 3.17. The third kappa shape index (κ3) is 2.51. The number of hydrogen-bond donors (Lipinski definition) is 0. The van der Waals surface area contributed by atoms with Gasteiger partial charge in [-0.05, 0) is 30.4 Å². The largest absolute Gasteiger partial charge is 0.298 e. The third-order valence-electron chi connectivity index (χ3n) is 3.86. The van der Waals surface area contributed by atoms with Crippen LogP contribution in [0.2, 0.25) is 0 Å². The predicted molar refractivity (Wildman–Crippen MR) is 88.1 cm³/mol. The first-order valence-electron chi connectivity index (χ1n) is 7.30. The van der Waals surface area contributed by atoms with Gasteiger partial charge in [-0.25, -0.2) is 0 Å². The number of carbonyl (C=O) groups is 1. The monoisotopic (exact) mass is 298 g/mol. The maximum absolute atomic E-state index is 11.4. The van der Waals surface area contributed by atoms with Gasteiger partial charge in [0.1, 0.15) is 5.69 Å². The number of carbonyl (C=O) groups excluding carboxylic acids is 1. The molecular formula is C17H18N2OS. The predicted octanol–water partition coefficient (Wildman–Crippen LogP) is 4.94. The van der Waals surface area contributed by atoms with Crippen molar-refractivity contribution in [2.24, 2.45) is 0 Å². The quantitative estimate of drug-likeness (QED) is 0.625. The van der Waals surface area contributed by atoms with E-state index in [4.69, 9.17) is 0 Å². The molecule has 4 heteroatoms. The van der Waals surface area contributed by atoms with Crippen LogP contribution in [0.15, 0.2) is 36.5 Å². The highest BCUT2D eigenvalue weighted by molar-refractivity contribution is 7.22. The van der Waals surface area contributed by atoms with Crippen LogP contribution in [0, 0.1) is 0 Å². The number of hydrogen-bond acceptors (Lipinski definition) is 3. The summed E-state index contributed by atoms with van der Waals surface area (Å²) in [5.41, 5.74) is 1.48. The van der Waals surface area contributed by atoms with Crippen LogP contribution >= 0.6 is 11.3 Å². The fraction of sp³-hybridized carbons (Fsp3) is 0.294. The first-order chi connectivity index (χ1) is 10.3. The van der Waals surface area contributed by atoms with Gasteiger partial charge in [-0.2, -0.15) is 5.10 Å². The Balaban J connectivity index is 2.10. The minimum atomic E-state index is 0.354. The van der Waals surface area contributed by atoms with Gasteiger partial charge in [0.15, 0.2) is 6.29 Å². The highest BCUT2D eigenvalue weighted by Crippen LogP contribution is 2.34. The Bertz CT molecular complexity index is 735. The van der Waals surface area contributed by atoms with E-state index in [-0.39, 0.29) is 0 Å². The lowest BCUT2D eigenvalue weighted by molar-refractivity contribution is 0.112. The molecule has 0 unspecified atom stereocenters. The van der Waals surface area contributed by atoms with Crippen molar-refractivity contribution in [2.75, 3.05) is 0 Å². The molecule has 108 valence electrons. The van der Waals surface area contributed by atoms with Crippen LogP contribution in [-0.2, 0) is 0 Å². The van der Waals surface area contributed by atoms with E-state index >= 15 is 0 Å². The minimum Gasteiger partial charge on any atom is -0.298 e. The maximum atomic E-state index is 11.4. The molecule has 3 nitrogen and oxygen atoms in total. The van der Waals surface area contributed by atoms with Crippen molar-refractivity contribution in [3.05, 3.63) is 42.1 Å². The van der Waals surface area contributed by atoms with Crippen molar-refractivity contribution in [3.63, 3.8) is 0 Å². The van der Waals surface area contributed by atoms with Crippen LogP contribution in [0.4, 0.5) is 0 Å². The Morgan fingerprint density at radius 2 is 2.05 bits per heavy atom. The average Bonchev–Trinajstić information content (AvgIpc) is 3.11. The molecule has 3 rings (SSSR count). The molecule has 2 heterocycles. The molecule has 0 aliphatic heterocycles. The van der Waals surface area contributed by atoms with Gasteiger partial charge >= 0.3 is 0 Å². The molecule has 2 aromatic heterocycles. The number of nitrogens with zero attached hydrogens (tertiary/aromatic N) is 2. The highest BCUT2D eigenvalue weighted by Gasteiger charge is 2.16. The van der Waals surface area contributed by atoms with Gasteiger partial charge in [0.05, 0.1) is 16.5 Å². The van der Waals surface area contributed by atoms with Crippen molar-refractivity contribution in [1.29, 1.82) is 0 Å². The molecular weight excluding hydrogens is 280 g/mol. The van der Waals surface area contributed by atoms with E-state index in [1.54, 1.807) is 11.3 Å². The Morgan fingerprint density at radius 3 is 2.71 bits per heavy atom. The summed E-state index contributed by atoms with van der Waals surface area (Å²) in [5, 5.41) is 5.88. The van der Waals surface area contributed by atoms with Crippen LogP contribution in [0.1, 0.15) is 43.1 Å². The lowest BCUT2D eigenvalue weighted by atomic mass is 10.2. The molecule has 0 atom stereocenters. The Kier molecular flexibility index (Phi) is 3.88. The molecule has 3 aromatic rings. The van der Waals surface area contributed by atoms with E-state index in [1.165, 1.54) is 10.1 Å². The zero-order chi connectivity index (χ0) is 14.8. The third-order valence-corrected chi connectivity index (χ3v) is 4.99. The van der Waals surface area contributed by atoms with Crippen LogP contribution in [0.5, 0.6) is 0 Å². The zero-order valence-electron chi connectivity index (χ0n) is 12.2. The van der Waals surface area contributed by atoms with Gasteiger partial charge in [0.25, 0.3) is 0 Å². The topological polar surface area (TPSA) is 34.9 Å². The summed E-state index contributed by atoms with van der Waals surface area (Å²) in [5.74, 6) is 0. The summed E-state index contributed by atoms with van der Waals surface area (Å²) in [6.07, 6.45) is 4.82. The van der Waals surface area contributed by atoms with E-state index < -0.39 is 0 Å². The average molecular weight is 298 g/mol. The van der Waals surface area contributed by atoms with Crippen LogP contribution < -0.4 is 0 Å². The second-order valence-corrected chi connectivity index (χ2v) is 6.23. The molecule has 0 bridgehead atoms. The normalized spacial score (nSPS) is 11.4. The molecule has 0 N–H and O–H groups in total. The molecule has 0 amide bonds. The van der Waals surface area contributed by atoms with Gasteiger partial charge in [-0.15, -0.1) is 11.3 Å². The fourth-order valence-electron chi connectivity index (χ4n) is 2.63. The highest BCUT2D eigenvalue weighted by atomic mass is 32.1. The molecule has 0 saturated carbocycles. The van der Waals surface area contributed by atoms with E-state index in [9.17, 15) is 4.79 Å². The lowest BCUT2D eigenvalue weighted by Gasteiger charge is -2.12. The molecule has 0 saturated heterocycles. The van der Waals surface area contributed by atoms with Gasteiger partial charge < -0.3 is 0 Å². The standard InChI is InChI=1S/C17H18N2OS/c1-3-14(4-2)19-10-13(11-20)17(18-19)16-9-12-7-5-6-8-15(12)21-16/h5-11,14H,3-4H2,1-2H3. The fourth-order valence-corrected chi connectivity index (χ4v) is 3.70. The first-order valence-corrected chi connectivity index (χ1v) is 8.11. The van der Waals surface area contributed by atoms with E-state index in [2.05, 4.69) is 37.1 Å². The lowest BCUT2D eigenvalue weighted by Crippen LogP contribution is -2.07. The van der Waals surface area contributed by atoms with Crippen molar-refractivity contribution in [1.82, 2.24) is 9.78 Å². The van der Waals surface area contributed by atoms with E-state index in [0.29, 0.717) is 11.6 Å². The number of aromatic nitrogens is 2. The van der Waals surface area contributed by atoms with Crippen LogP contribution in [-0.4, -0.2) is 16.1 Å². The number of rotatable bonds is 5. The SMILES string of the molecule is CCC(CC)n1cc(C=O)c(-c2cc3ccccc3s2)n1. The Morgan fingerprint density at radius 1 is 1.29 bits per heavy atom. The molecule has 0 aliphatic rings. The first kappa shape index (κ1) is 14.0. The number of benzene rings is 1. The Hall–Kier alpha value is -1.94. The molecule has 0 spiro atoms. The molecule has 0 aliphatic carbocycles. The Labute approximate surface area is 128 Å². The minimum absolute atomic E-state index is 0.354. The second kappa shape index (κ2) is 5.82. The van der Waals surface area contributed by atoms with Gasteiger partial charge in [0, 0.05) is 10.9 Å². The van der Waals surface area contributed by atoms with E-state index in [0.717, 1.165) is 29.7 Å². The molecule has 0 radical (unpaired) electrons. The van der Waals surface area contributed by atoms with Gasteiger partial charge in [0.2, 0.25) is 0 Å². The summed E-state index contributed by atoms with van der Waals surface area (Å²) >= 11 is 1.69. The number of thiophene rings is 1. The van der Waals surface area contributed by atoms with Crippen molar-refractivity contribution in [2.45, 2.75) is 32.7 Å². The van der Waals surface area contributed by atoms with Gasteiger partial charge in [-0.3, -0.25) is 9.48 Å². The number of fused-ring (bicyclic) bond motifs is 1. The van der Waals surface area contributed by atoms with Crippen LogP contribution in [0.3, 0.4) is 0 Å². The smallest absolute Gasteiger partial charge is 0.153 e. The summed E-state index contributed by atoms with van der Waals surface area (Å²) in [6.45, 7) is 4.30. The molecule has 0 fully saturated rings. The number of aldehydes is 1. The second-order valence-electron chi connectivity index (χ2n) is 5.15. The zero-order valence-corrected chi connectivity index (χ0v) is 13.1. The summed E-state index contributed by atoms with van der Waals surface area (Å²) in [6, 6.07) is 10.7. The molecule has 1 aromatic carbocycles. The van der Waals surface area contributed by atoms with Crippen molar-refractivity contribution in [3.8, 4) is 10.6 Å². The van der Waals surface area contributed by atoms with Crippen molar-refractivity contribution < 1.29 is 4.79 Å². The van der Waals surface area contributed by atoms with Crippen LogP contribution in [0.25, 0.3) is 20.7 Å². The molecule has 21 heavy (non-hydrogen) atoms. The van der Waals surface area contributed by atoms with Crippen molar-refractivity contribution >= 4 is 27.7 Å². The van der Waals surface area contributed by atoms with Gasteiger partial charge in [-0.1, -0.05) is 32.0 Å². The summed E-state index contributed by atoms with van der Waals surface area (Å²) in [7, 11) is 0. The maximum Gasteiger partial charge on any atom is 0.153 e. The van der Waals surface area contributed by atoms with E-state index in [1.807, 2.05) is 23.0 Å². The summed E-state index contributed by atoms with van der Waals surface area (Å²) in [4.78, 5) is 12.4.